The van der Waals surface area contributed by atoms with Crippen LogP contribution in [0.4, 0.5) is 0 Å². The van der Waals surface area contributed by atoms with E-state index in [0.29, 0.717) is 17.1 Å². The molecule has 3 aromatic heterocycles. The van der Waals surface area contributed by atoms with Gasteiger partial charge >= 0.3 is 0 Å². The molecule has 1 amide bonds. The molecule has 1 N–H and O–H groups in total. The van der Waals surface area contributed by atoms with Crippen LogP contribution in [0.2, 0.25) is 0 Å². The summed E-state index contributed by atoms with van der Waals surface area (Å²) < 4.78 is 1.71. The summed E-state index contributed by atoms with van der Waals surface area (Å²) in [4.78, 5) is 25.4. The Kier molecular flexibility index (Phi) is 4.83. The van der Waals surface area contributed by atoms with Crippen LogP contribution in [-0.4, -0.2) is 30.6 Å². The van der Waals surface area contributed by atoms with Gasteiger partial charge in [-0.25, -0.2) is 9.67 Å². The number of amides is 1. The predicted octanol–water partition coefficient (Wildman–Crippen LogP) is 2.67. The van der Waals surface area contributed by atoms with Gasteiger partial charge in [-0.15, -0.1) is 0 Å². The summed E-state index contributed by atoms with van der Waals surface area (Å²) >= 11 is 0. The van der Waals surface area contributed by atoms with Crippen LogP contribution in [0.15, 0.2) is 49.2 Å². The Hall–Kier alpha value is -3.09. The van der Waals surface area contributed by atoms with Crippen molar-refractivity contribution >= 4 is 5.91 Å². The highest BCUT2D eigenvalue weighted by Gasteiger charge is 2.22. The number of carbonyl (C=O) groups is 1. The fourth-order valence-corrected chi connectivity index (χ4v) is 2.63. The minimum Gasteiger partial charge on any atom is -0.344 e. The Bertz CT molecular complexity index is 845. The third kappa shape index (κ3) is 3.55. The molecule has 0 aliphatic carbocycles. The van der Waals surface area contributed by atoms with Crippen LogP contribution < -0.4 is 5.32 Å². The Balaban J connectivity index is 1.89. The van der Waals surface area contributed by atoms with Crippen molar-refractivity contribution in [2.75, 3.05) is 0 Å². The van der Waals surface area contributed by atoms with Gasteiger partial charge in [-0.3, -0.25) is 14.8 Å². The Morgan fingerprint density at radius 2 is 1.92 bits per heavy atom. The summed E-state index contributed by atoms with van der Waals surface area (Å²) in [6.45, 7) is 5.93. The molecule has 7 heteroatoms. The number of hydrogen-bond donors (Lipinski definition) is 1. The van der Waals surface area contributed by atoms with E-state index in [4.69, 9.17) is 0 Å². The van der Waals surface area contributed by atoms with Gasteiger partial charge in [0.05, 0.1) is 35.4 Å². The lowest BCUT2D eigenvalue weighted by atomic mass is 10.0. The van der Waals surface area contributed by atoms with Crippen LogP contribution in [0.3, 0.4) is 0 Å². The van der Waals surface area contributed by atoms with E-state index in [1.54, 1.807) is 35.7 Å². The second-order valence-electron chi connectivity index (χ2n) is 6.02. The monoisotopic (exact) mass is 336 g/mol. The maximum absolute atomic E-state index is 12.8. The summed E-state index contributed by atoms with van der Waals surface area (Å²) in [5.74, 6) is 0.605. The first kappa shape index (κ1) is 16.8. The van der Waals surface area contributed by atoms with Gasteiger partial charge in [0.25, 0.3) is 5.91 Å². The van der Waals surface area contributed by atoms with Gasteiger partial charge in [0, 0.05) is 18.6 Å². The van der Waals surface area contributed by atoms with Gasteiger partial charge in [0.1, 0.15) is 0 Å². The smallest absolute Gasteiger partial charge is 0.255 e. The fraction of sp³-hybridized carbons (Fsp3) is 0.278. The predicted molar refractivity (Wildman–Crippen MR) is 93.4 cm³/mol. The Morgan fingerprint density at radius 3 is 2.56 bits per heavy atom. The number of aromatic nitrogens is 5. The lowest BCUT2D eigenvalue weighted by molar-refractivity contribution is 0.0937. The lowest BCUT2D eigenvalue weighted by Crippen LogP contribution is -2.28. The lowest BCUT2D eigenvalue weighted by Gasteiger charge is -2.15. The van der Waals surface area contributed by atoms with Crippen LogP contribution in [0.25, 0.3) is 5.82 Å². The molecule has 3 aromatic rings. The molecule has 3 heterocycles. The number of nitrogens with one attached hydrogen (secondary N) is 1. The van der Waals surface area contributed by atoms with E-state index in [1.165, 1.54) is 0 Å². The molecule has 3 rings (SSSR count). The van der Waals surface area contributed by atoms with Crippen molar-refractivity contribution < 1.29 is 4.79 Å². The first-order valence-corrected chi connectivity index (χ1v) is 8.14. The molecule has 128 valence electrons. The normalized spacial score (nSPS) is 12.2. The average Bonchev–Trinajstić information content (AvgIpc) is 3.08. The molecular formula is C18H20N6O. The van der Waals surface area contributed by atoms with Gasteiger partial charge in [-0.1, -0.05) is 19.9 Å². The molecule has 0 aromatic carbocycles. The molecule has 25 heavy (non-hydrogen) atoms. The van der Waals surface area contributed by atoms with Crippen molar-refractivity contribution in [1.82, 2.24) is 30.0 Å². The van der Waals surface area contributed by atoms with Crippen molar-refractivity contribution in [1.29, 1.82) is 0 Å². The van der Waals surface area contributed by atoms with Crippen molar-refractivity contribution in [3.05, 3.63) is 66.1 Å². The SMILES string of the molecule is CC(C)c1c(C(=O)N[C@@H](C)c2cnccn2)cnn1-c1ccccn1. The average molecular weight is 336 g/mol. The molecular weight excluding hydrogens is 316 g/mol. The van der Waals surface area contributed by atoms with Crippen molar-refractivity contribution in [3.63, 3.8) is 0 Å². The quantitative estimate of drug-likeness (QED) is 0.774. The number of hydrogen-bond acceptors (Lipinski definition) is 5. The second kappa shape index (κ2) is 7.21. The van der Waals surface area contributed by atoms with Crippen LogP contribution >= 0.6 is 0 Å². The minimum atomic E-state index is -0.251. The zero-order valence-corrected chi connectivity index (χ0v) is 14.4. The highest BCUT2D eigenvalue weighted by Crippen LogP contribution is 2.22. The number of nitrogens with zero attached hydrogens (tertiary/aromatic N) is 5. The largest absolute Gasteiger partial charge is 0.344 e. The fourth-order valence-electron chi connectivity index (χ4n) is 2.63. The van der Waals surface area contributed by atoms with E-state index in [-0.39, 0.29) is 17.9 Å². The number of carbonyl (C=O) groups excluding carboxylic acids is 1. The molecule has 0 saturated carbocycles. The highest BCUT2D eigenvalue weighted by molar-refractivity contribution is 5.95. The summed E-state index contributed by atoms with van der Waals surface area (Å²) in [5.41, 5.74) is 2.07. The summed E-state index contributed by atoms with van der Waals surface area (Å²) in [6.07, 6.45) is 8.15. The van der Waals surface area contributed by atoms with Gasteiger partial charge < -0.3 is 5.32 Å². The van der Waals surface area contributed by atoms with Gasteiger partial charge in [-0.05, 0) is 25.0 Å². The van der Waals surface area contributed by atoms with Crippen LogP contribution in [0, 0.1) is 0 Å². The standard InChI is InChI=1S/C18H20N6O/c1-12(2)17-14(10-22-24(17)16-6-4-5-7-21-16)18(25)23-13(3)15-11-19-8-9-20-15/h4-13H,1-3H3,(H,23,25)/t13-/m0/s1. The van der Waals surface area contributed by atoms with Crippen LogP contribution in [0.5, 0.6) is 0 Å². The molecule has 7 nitrogen and oxygen atoms in total. The maximum atomic E-state index is 12.8. The number of rotatable bonds is 5. The molecule has 0 spiro atoms. The van der Waals surface area contributed by atoms with Crippen molar-refractivity contribution in [2.45, 2.75) is 32.7 Å². The summed E-state index contributed by atoms with van der Waals surface area (Å²) in [5, 5.41) is 7.33. The zero-order chi connectivity index (χ0) is 17.8. The van der Waals surface area contributed by atoms with E-state index >= 15 is 0 Å². The highest BCUT2D eigenvalue weighted by atomic mass is 16.1. The molecule has 0 bridgehead atoms. The molecule has 0 aliphatic rings. The maximum Gasteiger partial charge on any atom is 0.255 e. The van der Waals surface area contributed by atoms with Crippen molar-refractivity contribution in [2.24, 2.45) is 0 Å². The Labute approximate surface area is 146 Å². The van der Waals surface area contributed by atoms with Gasteiger partial charge in [-0.2, -0.15) is 5.10 Å². The number of pyridine rings is 1. The molecule has 0 saturated heterocycles. The topological polar surface area (TPSA) is 85.6 Å². The molecule has 0 aliphatic heterocycles. The third-order valence-electron chi connectivity index (χ3n) is 3.84. The zero-order valence-electron chi connectivity index (χ0n) is 14.4. The summed E-state index contributed by atoms with van der Waals surface area (Å²) in [6, 6.07) is 5.35. The van der Waals surface area contributed by atoms with Crippen LogP contribution in [0.1, 0.15) is 54.5 Å². The third-order valence-corrected chi connectivity index (χ3v) is 3.84. The first-order chi connectivity index (χ1) is 12.1. The second-order valence-corrected chi connectivity index (χ2v) is 6.02. The molecule has 0 fully saturated rings. The minimum absolute atomic E-state index is 0.108. The molecule has 1 atom stereocenters. The van der Waals surface area contributed by atoms with E-state index in [0.717, 1.165) is 5.69 Å². The summed E-state index contributed by atoms with van der Waals surface area (Å²) in [7, 11) is 0. The van der Waals surface area contributed by atoms with Gasteiger partial charge in [0.15, 0.2) is 5.82 Å². The van der Waals surface area contributed by atoms with Crippen molar-refractivity contribution in [3.8, 4) is 5.82 Å². The van der Waals surface area contributed by atoms with Gasteiger partial charge in [0.2, 0.25) is 0 Å². The van der Waals surface area contributed by atoms with E-state index < -0.39 is 0 Å². The Morgan fingerprint density at radius 1 is 1.08 bits per heavy atom. The molecule has 0 unspecified atom stereocenters. The first-order valence-electron chi connectivity index (χ1n) is 8.14. The molecule has 0 radical (unpaired) electrons. The van der Waals surface area contributed by atoms with E-state index in [1.807, 2.05) is 39.0 Å². The van der Waals surface area contributed by atoms with E-state index in [9.17, 15) is 4.79 Å². The van der Waals surface area contributed by atoms with Crippen LogP contribution in [-0.2, 0) is 0 Å². The van der Waals surface area contributed by atoms with E-state index in [2.05, 4.69) is 25.4 Å².